The van der Waals surface area contributed by atoms with Crippen LogP contribution < -0.4 is 20.7 Å². The van der Waals surface area contributed by atoms with Crippen molar-refractivity contribution in [2.24, 2.45) is 4.99 Å². The number of rotatable bonds is 8. The molecule has 3 N–H and O–H groups in total. The van der Waals surface area contributed by atoms with E-state index in [4.69, 9.17) is 4.74 Å². The third-order valence-electron chi connectivity index (χ3n) is 4.93. The lowest BCUT2D eigenvalue weighted by Gasteiger charge is -2.32. The second-order valence-corrected chi connectivity index (χ2v) is 8.79. The van der Waals surface area contributed by atoms with Crippen molar-refractivity contribution in [2.45, 2.75) is 65.1 Å². The number of benzene rings is 1. The fraction of sp³-hybridized carbons (Fsp3) is 0.652. The van der Waals surface area contributed by atoms with Gasteiger partial charge in [-0.2, -0.15) is 0 Å². The van der Waals surface area contributed by atoms with Crippen LogP contribution in [-0.2, 0) is 11.3 Å². The maximum absolute atomic E-state index is 11.9. The number of hydrogen-bond acceptors (Lipinski definition) is 4. The van der Waals surface area contributed by atoms with Crippen LogP contribution in [0.5, 0.6) is 5.75 Å². The Balaban J connectivity index is 0.00000480. The largest absolute Gasteiger partial charge is 0.488 e. The molecule has 0 unspecified atom stereocenters. The molecule has 1 fully saturated rings. The first-order chi connectivity index (χ1) is 14.3. The first kappa shape index (κ1) is 27.5. The van der Waals surface area contributed by atoms with E-state index >= 15 is 0 Å². The second-order valence-electron chi connectivity index (χ2n) is 8.79. The van der Waals surface area contributed by atoms with E-state index in [2.05, 4.69) is 59.6 Å². The highest BCUT2D eigenvalue weighted by Crippen LogP contribution is 2.22. The van der Waals surface area contributed by atoms with Crippen LogP contribution in [0.2, 0.25) is 0 Å². The quantitative estimate of drug-likeness (QED) is 0.266. The van der Waals surface area contributed by atoms with E-state index in [0.29, 0.717) is 19.1 Å². The van der Waals surface area contributed by atoms with Crippen LogP contribution in [0, 0.1) is 0 Å². The Morgan fingerprint density at radius 1 is 1.19 bits per heavy atom. The maximum atomic E-state index is 11.9. The molecule has 1 heterocycles. The minimum atomic E-state index is -0.239. The molecular weight excluding hydrogens is 505 g/mol. The molecule has 8 heteroatoms. The standard InChI is InChI=1S/C23H39N5O2.HI/c1-6-13-25-21(29)17-28-14-11-19(12-15-28)27-22(24-5)26-16-18-9-7-8-10-20(18)30-23(2,3)4;/h7-10,19H,6,11-17H2,1-5H3,(H,25,29)(H2,24,26,27);1H. The van der Waals surface area contributed by atoms with E-state index in [0.717, 1.165) is 56.2 Å². The topological polar surface area (TPSA) is 78.0 Å². The molecule has 7 nitrogen and oxygen atoms in total. The lowest BCUT2D eigenvalue weighted by molar-refractivity contribution is -0.122. The second kappa shape index (κ2) is 13.8. The summed E-state index contributed by atoms with van der Waals surface area (Å²) in [4.78, 5) is 18.5. The fourth-order valence-electron chi connectivity index (χ4n) is 3.41. The summed E-state index contributed by atoms with van der Waals surface area (Å²) in [7, 11) is 1.79. The first-order valence-corrected chi connectivity index (χ1v) is 11.0. The average molecular weight is 546 g/mol. The Labute approximate surface area is 204 Å². The molecule has 0 bridgehead atoms. The molecule has 0 spiro atoms. The van der Waals surface area contributed by atoms with E-state index < -0.39 is 0 Å². The van der Waals surface area contributed by atoms with Gasteiger partial charge < -0.3 is 20.7 Å². The summed E-state index contributed by atoms with van der Waals surface area (Å²) in [5.74, 6) is 1.80. The van der Waals surface area contributed by atoms with Gasteiger partial charge in [0.15, 0.2) is 5.96 Å². The van der Waals surface area contributed by atoms with Crippen molar-refractivity contribution in [3.8, 4) is 5.75 Å². The zero-order chi connectivity index (χ0) is 22.0. The van der Waals surface area contributed by atoms with Crippen molar-refractivity contribution >= 4 is 35.8 Å². The Morgan fingerprint density at radius 3 is 2.48 bits per heavy atom. The minimum Gasteiger partial charge on any atom is -0.488 e. The first-order valence-electron chi connectivity index (χ1n) is 11.0. The summed E-state index contributed by atoms with van der Waals surface area (Å²) < 4.78 is 6.08. The number of carbonyl (C=O) groups is 1. The molecule has 0 saturated carbocycles. The van der Waals surface area contributed by atoms with Crippen molar-refractivity contribution < 1.29 is 9.53 Å². The molecule has 0 aliphatic carbocycles. The molecule has 176 valence electrons. The molecule has 31 heavy (non-hydrogen) atoms. The number of guanidine groups is 1. The zero-order valence-corrected chi connectivity index (χ0v) is 22.0. The van der Waals surface area contributed by atoms with Gasteiger partial charge in [0.05, 0.1) is 6.54 Å². The third-order valence-corrected chi connectivity index (χ3v) is 4.93. The van der Waals surface area contributed by atoms with Crippen LogP contribution in [0.1, 0.15) is 52.5 Å². The molecule has 1 saturated heterocycles. The number of aliphatic imine (C=N–C) groups is 1. The molecule has 1 aliphatic heterocycles. The minimum absolute atomic E-state index is 0. The highest BCUT2D eigenvalue weighted by atomic mass is 127. The van der Waals surface area contributed by atoms with Crippen molar-refractivity contribution in [2.75, 3.05) is 33.2 Å². The molecular formula is C23H40IN5O2. The molecule has 0 aromatic heterocycles. The molecule has 1 amide bonds. The van der Waals surface area contributed by atoms with Gasteiger partial charge >= 0.3 is 0 Å². The monoisotopic (exact) mass is 545 g/mol. The van der Waals surface area contributed by atoms with Gasteiger partial charge in [-0.05, 0) is 46.1 Å². The van der Waals surface area contributed by atoms with Crippen molar-refractivity contribution in [1.29, 1.82) is 0 Å². The van der Waals surface area contributed by atoms with Gasteiger partial charge in [0, 0.05) is 44.8 Å². The number of nitrogens with one attached hydrogen (secondary N) is 3. The fourth-order valence-corrected chi connectivity index (χ4v) is 3.41. The van der Waals surface area contributed by atoms with Gasteiger partial charge in [-0.15, -0.1) is 24.0 Å². The summed E-state index contributed by atoms with van der Waals surface area (Å²) in [6.07, 6.45) is 2.95. The van der Waals surface area contributed by atoms with Gasteiger partial charge in [-0.3, -0.25) is 14.7 Å². The number of para-hydroxylation sites is 1. The van der Waals surface area contributed by atoms with Crippen LogP contribution in [0.3, 0.4) is 0 Å². The van der Waals surface area contributed by atoms with Gasteiger partial charge in [-0.1, -0.05) is 25.1 Å². The van der Waals surface area contributed by atoms with Gasteiger partial charge in [-0.25, -0.2) is 0 Å². The third kappa shape index (κ3) is 10.5. The average Bonchev–Trinajstić information content (AvgIpc) is 2.70. The molecule has 1 aliphatic rings. The predicted molar refractivity (Wildman–Crippen MR) is 138 cm³/mol. The molecule has 0 radical (unpaired) electrons. The number of ether oxygens (including phenoxy) is 1. The van der Waals surface area contributed by atoms with Crippen LogP contribution in [0.25, 0.3) is 0 Å². The lowest BCUT2D eigenvalue weighted by atomic mass is 10.1. The Kier molecular flexibility index (Phi) is 12.2. The van der Waals surface area contributed by atoms with E-state index in [1.807, 2.05) is 18.2 Å². The van der Waals surface area contributed by atoms with Crippen LogP contribution in [0.15, 0.2) is 29.3 Å². The van der Waals surface area contributed by atoms with E-state index in [-0.39, 0.29) is 35.5 Å². The SMILES string of the molecule is CCCNC(=O)CN1CCC(NC(=NC)NCc2ccccc2OC(C)(C)C)CC1.I. The summed E-state index contributed by atoms with van der Waals surface area (Å²) in [6.45, 7) is 11.9. The number of piperidine rings is 1. The normalized spacial score (nSPS) is 15.7. The number of nitrogens with zero attached hydrogens (tertiary/aromatic N) is 2. The molecule has 0 atom stereocenters. The van der Waals surface area contributed by atoms with Crippen molar-refractivity contribution in [1.82, 2.24) is 20.9 Å². The van der Waals surface area contributed by atoms with Crippen molar-refractivity contribution in [3.63, 3.8) is 0 Å². The number of hydrogen-bond donors (Lipinski definition) is 3. The van der Waals surface area contributed by atoms with Gasteiger partial charge in [0.25, 0.3) is 0 Å². The van der Waals surface area contributed by atoms with Gasteiger partial charge in [0.2, 0.25) is 5.91 Å². The Hall–Kier alpha value is -1.55. The smallest absolute Gasteiger partial charge is 0.234 e. The molecule has 2 rings (SSSR count). The number of likely N-dealkylation sites (tertiary alicyclic amines) is 1. The van der Waals surface area contributed by atoms with E-state index in [1.165, 1.54) is 0 Å². The van der Waals surface area contributed by atoms with E-state index in [1.54, 1.807) is 7.05 Å². The summed E-state index contributed by atoms with van der Waals surface area (Å²) in [5, 5.41) is 9.88. The summed E-state index contributed by atoms with van der Waals surface area (Å²) >= 11 is 0. The number of amides is 1. The highest BCUT2D eigenvalue weighted by Gasteiger charge is 2.21. The highest BCUT2D eigenvalue weighted by molar-refractivity contribution is 14.0. The summed E-state index contributed by atoms with van der Waals surface area (Å²) in [6, 6.07) is 8.45. The summed E-state index contributed by atoms with van der Waals surface area (Å²) in [5.41, 5.74) is 0.862. The lowest BCUT2D eigenvalue weighted by Crippen LogP contribution is -2.50. The van der Waals surface area contributed by atoms with Crippen LogP contribution in [0.4, 0.5) is 0 Å². The van der Waals surface area contributed by atoms with Gasteiger partial charge in [0.1, 0.15) is 11.4 Å². The Bertz CT molecular complexity index is 697. The Morgan fingerprint density at radius 2 is 1.87 bits per heavy atom. The van der Waals surface area contributed by atoms with Crippen LogP contribution in [-0.4, -0.2) is 61.6 Å². The van der Waals surface area contributed by atoms with Crippen LogP contribution >= 0.6 is 24.0 Å². The number of halogens is 1. The van der Waals surface area contributed by atoms with Crippen molar-refractivity contribution in [3.05, 3.63) is 29.8 Å². The molecule has 1 aromatic carbocycles. The van der Waals surface area contributed by atoms with E-state index in [9.17, 15) is 4.79 Å². The maximum Gasteiger partial charge on any atom is 0.234 e. The predicted octanol–water partition coefficient (Wildman–Crippen LogP) is 3.14. The molecule has 1 aromatic rings. The zero-order valence-electron chi connectivity index (χ0n) is 19.7. The number of carbonyl (C=O) groups excluding carboxylic acids is 1.